The first-order valence-electron chi connectivity index (χ1n) is 9.74. The van der Waals surface area contributed by atoms with Crippen molar-refractivity contribution in [3.63, 3.8) is 0 Å². The van der Waals surface area contributed by atoms with E-state index in [0.29, 0.717) is 13.0 Å². The van der Waals surface area contributed by atoms with Crippen molar-refractivity contribution >= 4 is 21.4 Å². The van der Waals surface area contributed by atoms with Gasteiger partial charge in [0, 0.05) is 38.4 Å². The zero-order valence-corrected chi connectivity index (χ0v) is 16.4. The second-order valence-electron chi connectivity index (χ2n) is 7.28. The fourth-order valence-corrected chi connectivity index (χ4v) is 5.61. The zero-order chi connectivity index (χ0) is 18.7. The van der Waals surface area contributed by atoms with Crippen LogP contribution in [-0.2, 0) is 16.4 Å². The average Bonchev–Trinajstić information content (AvgIpc) is 3.14. The number of para-hydroxylation sites is 2. The molecule has 0 amide bonds. The highest BCUT2D eigenvalue weighted by Crippen LogP contribution is 2.30. The Hall–Kier alpha value is -2.05. The molecular formula is C21H27N3O2S. The molecule has 4 rings (SSSR count). The van der Waals surface area contributed by atoms with Gasteiger partial charge in [-0.15, -0.1) is 0 Å². The molecule has 1 fully saturated rings. The normalized spacial score (nSPS) is 17.9. The molecule has 27 heavy (non-hydrogen) atoms. The first-order valence-corrected chi connectivity index (χ1v) is 11.3. The lowest BCUT2D eigenvalue weighted by atomic mass is 10.2. The van der Waals surface area contributed by atoms with Crippen LogP contribution in [0.2, 0.25) is 0 Å². The predicted octanol–water partition coefficient (Wildman–Crippen LogP) is 2.59. The Kier molecular flexibility index (Phi) is 5.36. The van der Waals surface area contributed by atoms with Gasteiger partial charge in [-0.1, -0.05) is 36.4 Å². The Morgan fingerprint density at radius 3 is 2.30 bits per heavy atom. The molecule has 2 aromatic carbocycles. The molecule has 0 spiro atoms. The smallest absolute Gasteiger partial charge is 0.235 e. The van der Waals surface area contributed by atoms with Gasteiger partial charge in [-0.3, -0.25) is 9.21 Å². The van der Waals surface area contributed by atoms with Crippen LogP contribution in [0.3, 0.4) is 0 Å². The van der Waals surface area contributed by atoms with E-state index >= 15 is 0 Å². The van der Waals surface area contributed by atoms with Crippen molar-refractivity contribution < 1.29 is 8.42 Å². The van der Waals surface area contributed by atoms with Crippen molar-refractivity contribution in [3.05, 3.63) is 60.2 Å². The van der Waals surface area contributed by atoms with Crippen LogP contribution in [0, 0.1) is 0 Å². The van der Waals surface area contributed by atoms with E-state index in [-0.39, 0.29) is 5.75 Å². The maximum atomic E-state index is 12.8. The number of hydrogen-bond donors (Lipinski definition) is 0. The fraction of sp³-hybridized carbons (Fsp3) is 0.429. The van der Waals surface area contributed by atoms with E-state index in [1.54, 1.807) is 4.31 Å². The molecule has 0 radical (unpaired) electrons. The molecule has 0 bridgehead atoms. The van der Waals surface area contributed by atoms with Crippen molar-refractivity contribution in [3.8, 4) is 0 Å². The molecule has 2 aromatic rings. The minimum absolute atomic E-state index is 0.222. The SMILES string of the molecule is O=S(=O)(CCCN1CCN(c2ccccc2)CC1)N1CCc2ccccc21. The lowest BCUT2D eigenvalue weighted by Crippen LogP contribution is -2.47. The Labute approximate surface area is 162 Å². The van der Waals surface area contributed by atoms with Gasteiger partial charge in [-0.25, -0.2) is 8.42 Å². The van der Waals surface area contributed by atoms with Gasteiger partial charge in [0.25, 0.3) is 0 Å². The van der Waals surface area contributed by atoms with Crippen molar-refractivity contribution in [1.82, 2.24) is 4.90 Å². The first kappa shape index (κ1) is 18.3. The maximum Gasteiger partial charge on any atom is 0.235 e. The Balaban J connectivity index is 1.26. The summed E-state index contributed by atoms with van der Waals surface area (Å²) in [6.07, 6.45) is 1.50. The first-order chi connectivity index (χ1) is 13.1. The van der Waals surface area contributed by atoms with E-state index in [1.165, 1.54) is 5.69 Å². The molecule has 0 atom stereocenters. The molecule has 0 aromatic heterocycles. The highest BCUT2D eigenvalue weighted by atomic mass is 32.2. The Morgan fingerprint density at radius 1 is 0.815 bits per heavy atom. The van der Waals surface area contributed by atoms with Crippen molar-refractivity contribution in [2.24, 2.45) is 0 Å². The van der Waals surface area contributed by atoms with Gasteiger partial charge in [-0.05, 0) is 43.1 Å². The van der Waals surface area contributed by atoms with Gasteiger partial charge in [0.1, 0.15) is 0 Å². The van der Waals surface area contributed by atoms with Gasteiger partial charge in [0.2, 0.25) is 10.0 Å². The summed E-state index contributed by atoms with van der Waals surface area (Å²) in [6.45, 7) is 5.39. The minimum atomic E-state index is -3.23. The largest absolute Gasteiger partial charge is 0.369 e. The summed E-state index contributed by atoms with van der Waals surface area (Å²) in [7, 11) is -3.23. The van der Waals surface area contributed by atoms with E-state index < -0.39 is 10.0 Å². The highest BCUT2D eigenvalue weighted by molar-refractivity contribution is 7.92. The highest BCUT2D eigenvalue weighted by Gasteiger charge is 2.28. The number of sulfonamides is 1. The number of piperazine rings is 1. The quantitative estimate of drug-likeness (QED) is 0.767. The predicted molar refractivity (Wildman–Crippen MR) is 111 cm³/mol. The number of nitrogens with zero attached hydrogens (tertiary/aromatic N) is 3. The molecule has 0 unspecified atom stereocenters. The minimum Gasteiger partial charge on any atom is -0.369 e. The summed E-state index contributed by atoms with van der Waals surface area (Å²) < 4.78 is 27.2. The number of benzene rings is 2. The summed E-state index contributed by atoms with van der Waals surface area (Å²) in [6, 6.07) is 18.3. The molecule has 1 saturated heterocycles. The van der Waals surface area contributed by atoms with Gasteiger partial charge in [0.05, 0.1) is 11.4 Å². The molecule has 2 aliphatic rings. The van der Waals surface area contributed by atoms with Crippen LogP contribution in [-0.4, -0.2) is 58.3 Å². The van der Waals surface area contributed by atoms with E-state index in [1.807, 2.05) is 30.3 Å². The monoisotopic (exact) mass is 385 g/mol. The van der Waals surface area contributed by atoms with Crippen molar-refractivity contribution in [2.75, 3.05) is 54.2 Å². The van der Waals surface area contributed by atoms with E-state index in [2.05, 4.69) is 34.1 Å². The molecular weight excluding hydrogens is 358 g/mol. The molecule has 6 heteroatoms. The number of rotatable bonds is 6. The molecule has 2 heterocycles. The topological polar surface area (TPSA) is 43.9 Å². The third-order valence-corrected chi connectivity index (χ3v) is 7.41. The maximum absolute atomic E-state index is 12.8. The third kappa shape index (κ3) is 4.12. The summed E-state index contributed by atoms with van der Waals surface area (Å²) >= 11 is 0. The van der Waals surface area contributed by atoms with Crippen LogP contribution >= 0.6 is 0 Å². The molecule has 144 valence electrons. The lowest BCUT2D eigenvalue weighted by Gasteiger charge is -2.36. The van der Waals surface area contributed by atoms with Crippen LogP contribution in [0.15, 0.2) is 54.6 Å². The van der Waals surface area contributed by atoms with Gasteiger partial charge >= 0.3 is 0 Å². The van der Waals surface area contributed by atoms with Crippen LogP contribution in [0.4, 0.5) is 11.4 Å². The molecule has 2 aliphatic heterocycles. The number of anilines is 2. The van der Waals surface area contributed by atoms with Crippen molar-refractivity contribution in [1.29, 1.82) is 0 Å². The molecule has 0 saturated carbocycles. The average molecular weight is 386 g/mol. The standard InChI is InChI=1S/C21H27N3O2S/c25-27(26,24-13-11-19-7-4-5-10-21(19)24)18-6-12-22-14-16-23(17-15-22)20-8-2-1-3-9-20/h1-5,7-10H,6,11-18H2. The molecule has 0 aliphatic carbocycles. The summed E-state index contributed by atoms with van der Waals surface area (Å²) in [5, 5.41) is 0. The van der Waals surface area contributed by atoms with Gasteiger partial charge in [0.15, 0.2) is 0 Å². The van der Waals surface area contributed by atoms with E-state index in [4.69, 9.17) is 0 Å². The van der Waals surface area contributed by atoms with Crippen LogP contribution in [0.25, 0.3) is 0 Å². The lowest BCUT2D eigenvalue weighted by molar-refractivity contribution is 0.259. The van der Waals surface area contributed by atoms with E-state index in [0.717, 1.165) is 50.4 Å². The fourth-order valence-electron chi connectivity index (χ4n) is 4.05. The second kappa shape index (κ2) is 7.90. The van der Waals surface area contributed by atoms with Crippen molar-refractivity contribution in [2.45, 2.75) is 12.8 Å². The summed E-state index contributed by atoms with van der Waals surface area (Å²) in [4.78, 5) is 4.78. The molecule has 0 N–H and O–H groups in total. The summed E-state index contributed by atoms with van der Waals surface area (Å²) in [5.74, 6) is 0.222. The second-order valence-corrected chi connectivity index (χ2v) is 9.30. The third-order valence-electron chi connectivity index (χ3n) is 5.55. The van der Waals surface area contributed by atoms with Crippen LogP contribution < -0.4 is 9.21 Å². The summed E-state index contributed by atoms with van der Waals surface area (Å²) in [5.41, 5.74) is 3.28. The number of fused-ring (bicyclic) bond motifs is 1. The molecule has 5 nitrogen and oxygen atoms in total. The van der Waals surface area contributed by atoms with Crippen LogP contribution in [0.1, 0.15) is 12.0 Å². The Morgan fingerprint density at radius 2 is 1.52 bits per heavy atom. The van der Waals surface area contributed by atoms with E-state index in [9.17, 15) is 8.42 Å². The number of hydrogen-bond acceptors (Lipinski definition) is 4. The zero-order valence-electron chi connectivity index (χ0n) is 15.6. The van der Waals surface area contributed by atoms with Gasteiger partial charge in [-0.2, -0.15) is 0 Å². The van der Waals surface area contributed by atoms with Crippen LogP contribution in [0.5, 0.6) is 0 Å². The Bertz CT molecular complexity index is 862. The van der Waals surface area contributed by atoms with Gasteiger partial charge < -0.3 is 4.90 Å².